The summed E-state index contributed by atoms with van der Waals surface area (Å²) >= 11 is 0. The highest BCUT2D eigenvalue weighted by atomic mass is 16.6. The zero-order valence-corrected chi connectivity index (χ0v) is 27.2. The van der Waals surface area contributed by atoms with Crippen molar-refractivity contribution in [1.29, 1.82) is 0 Å². The van der Waals surface area contributed by atoms with Crippen molar-refractivity contribution >= 4 is 11.9 Å². The van der Waals surface area contributed by atoms with Crippen molar-refractivity contribution in [2.75, 3.05) is 6.61 Å². The van der Waals surface area contributed by atoms with E-state index >= 15 is 0 Å². The maximum absolute atomic E-state index is 12.6. The number of benzene rings is 1. The number of carbonyl (C=O) groups is 2. The zero-order chi connectivity index (χ0) is 30.4. The molecule has 234 valence electrons. The minimum Gasteiger partial charge on any atom is -0.490 e. The van der Waals surface area contributed by atoms with Crippen LogP contribution in [-0.2, 0) is 20.7 Å². The molecule has 1 aromatic carbocycles. The van der Waals surface area contributed by atoms with E-state index in [0.717, 1.165) is 53.2 Å². The second-order valence-corrected chi connectivity index (χ2v) is 13.1. The summed E-state index contributed by atoms with van der Waals surface area (Å²) in [5, 5.41) is 9.11. The molecule has 1 aromatic rings. The van der Waals surface area contributed by atoms with Crippen LogP contribution in [0.3, 0.4) is 0 Å². The van der Waals surface area contributed by atoms with E-state index < -0.39 is 17.5 Å². The van der Waals surface area contributed by atoms with E-state index in [1.165, 1.54) is 64.2 Å². The van der Waals surface area contributed by atoms with Gasteiger partial charge in [-0.15, -0.1) is 0 Å². The number of fused-ring (bicyclic) bond motifs is 1. The molecule has 0 radical (unpaired) electrons. The van der Waals surface area contributed by atoms with Gasteiger partial charge in [-0.05, 0) is 82.9 Å². The maximum Gasteiger partial charge on any atom is 0.311 e. The Kier molecular flexibility index (Phi) is 15.2. The first-order chi connectivity index (χ1) is 19.4. The Bertz CT molecular complexity index is 964. The van der Waals surface area contributed by atoms with E-state index in [9.17, 15) is 9.59 Å². The van der Waals surface area contributed by atoms with E-state index in [4.69, 9.17) is 19.3 Å². The van der Waals surface area contributed by atoms with E-state index in [1.807, 2.05) is 20.8 Å². The Labute approximate surface area is 249 Å². The first-order valence-corrected chi connectivity index (χ1v) is 16.3. The summed E-state index contributed by atoms with van der Waals surface area (Å²) in [5.74, 6) is 1.46. The van der Waals surface area contributed by atoms with E-state index in [1.54, 1.807) is 13.8 Å². The van der Waals surface area contributed by atoms with E-state index in [0.29, 0.717) is 12.2 Å². The first-order valence-electron chi connectivity index (χ1n) is 16.3. The topological polar surface area (TPSA) is 82.1 Å². The summed E-state index contributed by atoms with van der Waals surface area (Å²) in [4.78, 5) is 24.8. The number of aliphatic hydroxyl groups excluding tert-OH is 1. The molecule has 0 spiro atoms. The normalized spacial score (nSPS) is 15.0. The number of hydrogen-bond donors (Lipinski definition) is 1. The molecule has 2 rings (SSSR count). The lowest BCUT2D eigenvalue weighted by Crippen LogP contribution is -2.29. The van der Waals surface area contributed by atoms with Gasteiger partial charge >= 0.3 is 11.9 Å². The van der Waals surface area contributed by atoms with Gasteiger partial charge in [0.1, 0.15) is 17.1 Å². The predicted octanol–water partition coefficient (Wildman–Crippen LogP) is 8.64. The van der Waals surface area contributed by atoms with E-state index in [-0.39, 0.29) is 25.6 Å². The van der Waals surface area contributed by atoms with Crippen molar-refractivity contribution in [1.82, 2.24) is 0 Å². The molecule has 6 heteroatoms. The quantitative estimate of drug-likeness (QED) is 0.101. The number of rotatable bonds is 19. The highest BCUT2D eigenvalue weighted by Crippen LogP contribution is 2.42. The molecule has 0 bridgehead atoms. The van der Waals surface area contributed by atoms with Crippen LogP contribution in [0.15, 0.2) is 0 Å². The van der Waals surface area contributed by atoms with Gasteiger partial charge in [0.25, 0.3) is 0 Å². The highest BCUT2D eigenvalue weighted by molar-refractivity contribution is 5.80. The number of aliphatic hydroxyl groups is 1. The van der Waals surface area contributed by atoms with Crippen LogP contribution in [0, 0.1) is 26.7 Å². The highest BCUT2D eigenvalue weighted by Gasteiger charge is 2.28. The molecule has 1 aliphatic heterocycles. The van der Waals surface area contributed by atoms with E-state index in [2.05, 4.69) is 13.8 Å². The van der Waals surface area contributed by atoms with Gasteiger partial charge in [-0.1, -0.05) is 71.6 Å². The molecule has 1 aliphatic rings. The fourth-order valence-corrected chi connectivity index (χ4v) is 5.71. The van der Waals surface area contributed by atoms with Crippen LogP contribution >= 0.6 is 0 Å². The molecule has 0 fully saturated rings. The minimum absolute atomic E-state index is 0.0556. The molecule has 0 saturated carbocycles. The van der Waals surface area contributed by atoms with Crippen LogP contribution in [0.4, 0.5) is 0 Å². The number of esters is 2. The van der Waals surface area contributed by atoms with Gasteiger partial charge in [-0.3, -0.25) is 9.59 Å². The van der Waals surface area contributed by atoms with Crippen LogP contribution < -0.4 is 9.47 Å². The average Bonchev–Trinajstić information content (AvgIpc) is 2.91. The Morgan fingerprint density at radius 3 is 2.07 bits per heavy atom. The van der Waals surface area contributed by atoms with Crippen molar-refractivity contribution < 1.29 is 28.9 Å². The standard InChI is InChI=1S/C35H58O6/c1-25(2)17-15-13-11-9-8-10-12-14-16-18-29-19-20-30-28(5)33(26(3)27(4)34(30)39-29)40-31(37)21-22-32(38)41-35(6,7)23-24-36/h25,29,36H,8-24H2,1-7H3. The fourth-order valence-electron chi connectivity index (χ4n) is 5.71. The largest absolute Gasteiger partial charge is 0.490 e. The lowest BCUT2D eigenvalue weighted by Gasteiger charge is -2.30. The lowest BCUT2D eigenvalue weighted by atomic mass is 9.90. The molecule has 1 atom stereocenters. The third-order valence-electron chi connectivity index (χ3n) is 8.47. The molecular formula is C35H58O6. The van der Waals surface area contributed by atoms with Crippen molar-refractivity contribution in [3.63, 3.8) is 0 Å². The summed E-state index contributed by atoms with van der Waals surface area (Å²) in [5.41, 5.74) is 3.25. The van der Waals surface area contributed by atoms with Gasteiger partial charge < -0.3 is 19.3 Å². The fraction of sp³-hybridized carbons (Fsp3) is 0.771. The molecule has 41 heavy (non-hydrogen) atoms. The monoisotopic (exact) mass is 574 g/mol. The molecule has 6 nitrogen and oxygen atoms in total. The smallest absolute Gasteiger partial charge is 0.311 e. The summed E-state index contributed by atoms with van der Waals surface area (Å²) in [6.45, 7) is 14.0. The van der Waals surface area contributed by atoms with Gasteiger partial charge in [0, 0.05) is 18.6 Å². The van der Waals surface area contributed by atoms with Crippen LogP contribution in [-0.4, -0.2) is 35.4 Å². The van der Waals surface area contributed by atoms with Gasteiger partial charge in [0.15, 0.2) is 0 Å². The van der Waals surface area contributed by atoms with Crippen LogP contribution in [0.5, 0.6) is 11.5 Å². The Balaban J connectivity index is 1.77. The average molecular weight is 575 g/mol. The predicted molar refractivity (Wildman–Crippen MR) is 166 cm³/mol. The first kappa shape index (κ1) is 35.1. The van der Waals surface area contributed by atoms with Crippen molar-refractivity contribution in [3.05, 3.63) is 22.3 Å². The van der Waals surface area contributed by atoms with Crippen molar-refractivity contribution in [3.8, 4) is 11.5 Å². The summed E-state index contributed by atoms with van der Waals surface area (Å²) in [6, 6.07) is 0. The van der Waals surface area contributed by atoms with Gasteiger partial charge in [-0.2, -0.15) is 0 Å². The zero-order valence-electron chi connectivity index (χ0n) is 27.2. The lowest BCUT2D eigenvalue weighted by molar-refractivity contribution is -0.159. The Hall–Kier alpha value is -2.08. The Morgan fingerprint density at radius 1 is 0.878 bits per heavy atom. The molecule has 0 aliphatic carbocycles. The third kappa shape index (κ3) is 12.4. The molecule has 1 heterocycles. The van der Waals surface area contributed by atoms with Crippen molar-refractivity contribution in [2.45, 2.75) is 163 Å². The van der Waals surface area contributed by atoms with Crippen LogP contribution in [0.25, 0.3) is 0 Å². The van der Waals surface area contributed by atoms with Crippen LogP contribution in [0.1, 0.15) is 146 Å². The second kappa shape index (κ2) is 17.8. The number of unbranched alkanes of at least 4 members (excludes halogenated alkanes) is 8. The number of carbonyl (C=O) groups excluding carboxylic acids is 2. The second-order valence-electron chi connectivity index (χ2n) is 13.1. The third-order valence-corrected chi connectivity index (χ3v) is 8.47. The molecule has 0 saturated heterocycles. The van der Waals surface area contributed by atoms with Crippen molar-refractivity contribution in [2.24, 2.45) is 5.92 Å². The Morgan fingerprint density at radius 2 is 1.46 bits per heavy atom. The minimum atomic E-state index is -0.761. The molecule has 0 aromatic heterocycles. The van der Waals surface area contributed by atoms with Crippen LogP contribution in [0.2, 0.25) is 0 Å². The molecule has 0 amide bonds. The molecule has 1 N–H and O–H groups in total. The summed E-state index contributed by atoms with van der Waals surface area (Å²) in [7, 11) is 0. The maximum atomic E-state index is 12.6. The number of ether oxygens (including phenoxy) is 3. The molecular weight excluding hydrogens is 516 g/mol. The van der Waals surface area contributed by atoms with Gasteiger partial charge in [0.2, 0.25) is 0 Å². The molecule has 1 unspecified atom stereocenters. The van der Waals surface area contributed by atoms with Gasteiger partial charge in [0.05, 0.1) is 18.9 Å². The summed E-state index contributed by atoms with van der Waals surface area (Å²) in [6.07, 6.45) is 16.9. The summed E-state index contributed by atoms with van der Waals surface area (Å²) < 4.78 is 17.7. The number of hydrogen-bond acceptors (Lipinski definition) is 6. The SMILES string of the molecule is Cc1c(C)c2c(c(C)c1OC(=O)CCC(=O)OC(C)(C)CCO)CCC(CCCCCCCCCCCC(C)C)O2. The van der Waals surface area contributed by atoms with Gasteiger partial charge in [-0.25, -0.2) is 0 Å².